The van der Waals surface area contributed by atoms with Crippen LogP contribution in [0.2, 0.25) is 0 Å². The summed E-state index contributed by atoms with van der Waals surface area (Å²) < 4.78 is 0. The molecule has 0 bridgehead atoms. The van der Waals surface area contributed by atoms with E-state index in [0.717, 1.165) is 0 Å². The Balaban J connectivity index is 0. The Morgan fingerprint density at radius 3 is 2.00 bits per heavy atom. The molecule has 0 aliphatic carbocycles. The van der Waals surface area contributed by atoms with Crippen LogP contribution < -0.4 is 0 Å². The van der Waals surface area contributed by atoms with Gasteiger partial charge >= 0.3 is 24.8 Å². The summed E-state index contributed by atoms with van der Waals surface area (Å²) in [4.78, 5) is 9.67. The maximum absolute atomic E-state index is 9.67. The van der Waals surface area contributed by atoms with Crippen molar-refractivity contribution in [2.24, 2.45) is 0 Å². The average Bonchev–Trinajstić information content (AvgIpc) is 1.65. The first-order valence-electron chi connectivity index (χ1n) is 1.70. The van der Waals surface area contributed by atoms with Gasteiger partial charge in [0.15, 0.2) is 0 Å². The zero-order chi connectivity index (χ0) is 5.86. The van der Waals surface area contributed by atoms with E-state index in [1.165, 1.54) is 0 Å². The second kappa shape index (κ2) is 4.92. The Bertz CT molecular complexity index is 99.5. The van der Waals surface area contributed by atoms with E-state index >= 15 is 0 Å². The van der Waals surface area contributed by atoms with E-state index in [1.54, 1.807) is 0 Å². The normalized spacial score (nSPS) is 7.12. The van der Waals surface area contributed by atoms with Crippen LogP contribution >= 0.6 is 0 Å². The van der Waals surface area contributed by atoms with Gasteiger partial charge in [0, 0.05) is 0 Å². The number of carboxylic acid groups (broad SMARTS) is 1. The van der Waals surface area contributed by atoms with E-state index in [0.29, 0.717) is 0 Å². The molecule has 0 amide bonds. The number of aliphatic carboxylic acids is 1. The van der Waals surface area contributed by atoms with Crippen molar-refractivity contribution < 1.29 is 15.0 Å². The van der Waals surface area contributed by atoms with Crippen molar-refractivity contribution in [3.8, 4) is 0 Å². The number of carbonyl (C=O) groups is 1. The monoisotopic (exact) mass is 110 g/mol. The SMILES string of the molecule is C=C(CO)C(=O)O.[LiH]. The second-order valence-electron chi connectivity index (χ2n) is 1.07. The molecule has 0 aliphatic heterocycles. The number of carboxylic acids is 1. The fourth-order valence-corrected chi connectivity index (χ4v) is 0.0676. The summed E-state index contributed by atoms with van der Waals surface area (Å²) in [7, 11) is 0. The third-order valence-electron chi connectivity index (χ3n) is 0.493. The molecule has 3 nitrogen and oxygen atoms in total. The third kappa shape index (κ3) is 3.94. The molecule has 0 aromatic heterocycles. The van der Waals surface area contributed by atoms with Crippen LogP contribution in [0.5, 0.6) is 0 Å². The van der Waals surface area contributed by atoms with Crippen molar-refractivity contribution in [3.63, 3.8) is 0 Å². The number of hydrogen-bond donors (Lipinski definition) is 2. The molecular formula is C4H7LiO3. The fourth-order valence-electron chi connectivity index (χ4n) is 0.0676. The van der Waals surface area contributed by atoms with Gasteiger partial charge in [-0.25, -0.2) is 4.79 Å². The number of aliphatic hydroxyl groups excluding tert-OH is 1. The van der Waals surface area contributed by atoms with Crippen LogP contribution in [-0.2, 0) is 4.79 Å². The predicted octanol–water partition coefficient (Wildman–Crippen LogP) is -1.03. The summed E-state index contributed by atoms with van der Waals surface area (Å²) >= 11 is 0. The molecule has 0 heterocycles. The van der Waals surface area contributed by atoms with Crippen molar-refractivity contribution in [1.29, 1.82) is 0 Å². The van der Waals surface area contributed by atoms with E-state index in [1.807, 2.05) is 0 Å². The van der Waals surface area contributed by atoms with Crippen LogP contribution in [-0.4, -0.2) is 41.6 Å². The Labute approximate surface area is 59.2 Å². The van der Waals surface area contributed by atoms with Crippen LogP contribution in [0.25, 0.3) is 0 Å². The molecule has 0 aromatic rings. The van der Waals surface area contributed by atoms with E-state index in [9.17, 15) is 4.79 Å². The van der Waals surface area contributed by atoms with Gasteiger partial charge in [0.25, 0.3) is 0 Å². The van der Waals surface area contributed by atoms with Crippen LogP contribution in [0.3, 0.4) is 0 Å². The molecule has 0 aliphatic rings. The zero-order valence-corrected chi connectivity index (χ0v) is 3.72. The molecule has 42 valence electrons. The summed E-state index contributed by atoms with van der Waals surface area (Å²) in [5, 5.41) is 15.9. The van der Waals surface area contributed by atoms with E-state index in [-0.39, 0.29) is 24.4 Å². The first-order valence-corrected chi connectivity index (χ1v) is 1.70. The minimum atomic E-state index is -1.15. The molecule has 0 unspecified atom stereocenters. The average molecular weight is 110 g/mol. The molecule has 0 saturated carbocycles. The topological polar surface area (TPSA) is 57.5 Å². The van der Waals surface area contributed by atoms with Crippen molar-refractivity contribution in [1.82, 2.24) is 0 Å². The first kappa shape index (κ1) is 10.7. The summed E-state index contributed by atoms with van der Waals surface area (Å²) in [5.41, 5.74) is -0.181. The molecule has 4 heteroatoms. The minimum absolute atomic E-state index is 0. The van der Waals surface area contributed by atoms with Crippen LogP contribution in [0, 0.1) is 0 Å². The summed E-state index contributed by atoms with van der Waals surface area (Å²) in [6.45, 7) is 2.55. The molecule has 0 fully saturated rings. The molecule has 0 atom stereocenters. The van der Waals surface area contributed by atoms with Gasteiger partial charge < -0.3 is 10.2 Å². The third-order valence-corrected chi connectivity index (χ3v) is 0.493. The molecule has 8 heavy (non-hydrogen) atoms. The van der Waals surface area contributed by atoms with Gasteiger partial charge in [-0.15, -0.1) is 0 Å². The van der Waals surface area contributed by atoms with E-state index in [2.05, 4.69) is 6.58 Å². The second-order valence-corrected chi connectivity index (χ2v) is 1.07. The number of aliphatic hydroxyl groups is 1. The van der Waals surface area contributed by atoms with Crippen molar-refractivity contribution >= 4 is 24.8 Å². The molecule has 0 saturated heterocycles. The van der Waals surface area contributed by atoms with Gasteiger partial charge in [0.1, 0.15) is 0 Å². The Hall–Kier alpha value is -0.233. The van der Waals surface area contributed by atoms with Gasteiger partial charge in [-0.3, -0.25) is 0 Å². The molecule has 0 aromatic carbocycles. The summed E-state index contributed by atoms with van der Waals surface area (Å²) in [6, 6.07) is 0. The van der Waals surface area contributed by atoms with Crippen molar-refractivity contribution in [3.05, 3.63) is 12.2 Å². The predicted molar refractivity (Wildman–Crippen MR) is 31.0 cm³/mol. The zero-order valence-electron chi connectivity index (χ0n) is 3.72. The molecule has 0 rings (SSSR count). The van der Waals surface area contributed by atoms with E-state index in [4.69, 9.17) is 10.2 Å². The fraction of sp³-hybridized carbons (Fsp3) is 0.250. The Morgan fingerprint density at radius 2 is 2.00 bits per heavy atom. The van der Waals surface area contributed by atoms with Crippen LogP contribution in [0.15, 0.2) is 12.2 Å². The molecular weight excluding hydrogens is 103 g/mol. The summed E-state index contributed by atoms with van der Waals surface area (Å²) in [5.74, 6) is -1.15. The van der Waals surface area contributed by atoms with Crippen molar-refractivity contribution in [2.45, 2.75) is 0 Å². The van der Waals surface area contributed by atoms with Gasteiger partial charge in [-0.05, 0) is 0 Å². The molecule has 0 radical (unpaired) electrons. The standard InChI is InChI=1S/C4H6O3.Li.H/c1-3(2-5)4(6)7;;/h5H,1-2H2,(H,6,7);;. The molecule has 2 N–H and O–H groups in total. The van der Waals surface area contributed by atoms with Crippen molar-refractivity contribution in [2.75, 3.05) is 6.61 Å². The Kier molecular flexibility index (Phi) is 6.57. The Morgan fingerprint density at radius 1 is 1.62 bits per heavy atom. The number of rotatable bonds is 2. The summed E-state index contributed by atoms with van der Waals surface area (Å²) in [6.07, 6.45) is 0. The van der Waals surface area contributed by atoms with Gasteiger partial charge in [0.05, 0.1) is 12.2 Å². The van der Waals surface area contributed by atoms with Crippen LogP contribution in [0.4, 0.5) is 0 Å². The van der Waals surface area contributed by atoms with Crippen LogP contribution in [0.1, 0.15) is 0 Å². The maximum atomic E-state index is 9.67. The van der Waals surface area contributed by atoms with Gasteiger partial charge in [-0.2, -0.15) is 0 Å². The quantitative estimate of drug-likeness (QED) is 0.353. The van der Waals surface area contributed by atoms with Gasteiger partial charge in [-0.1, -0.05) is 6.58 Å². The van der Waals surface area contributed by atoms with E-state index < -0.39 is 12.6 Å². The van der Waals surface area contributed by atoms with Gasteiger partial charge in [0.2, 0.25) is 0 Å². The first-order chi connectivity index (χ1) is 3.18. The molecule has 0 spiro atoms. The number of hydrogen-bond acceptors (Lipinski definition) is 2.